The normalized spacial score (nSPS) is 13.0. The van der Waals surface area contributed by atoms with E-state index in [9.17, 15) is 10.1 Å². The molecule has 24 heavy (non-hydrogen) atoms. The molecule has 0 bridgehead atoms. The van der Waals surface area contributed by atoms with Crippen LogP contribution in [-0.4, -0.2) is 11.0 Å². The second kappa shape index (κ2) is 9.75. The van der Waals surface area contributed by atoms with Gasteiger partial charge in [-0.2, -0.15) is 5.26 Å². The molecule has 1 heterocycles. The fraction of sp³-hybridized carbons (Fsp3) is 0.611. The van der Waals surface area contributed by atoms with Crippen LogP contribution in [0.4, 0.5) is 5.00 Å². The van der Waals surface area contributed by atoms with Crippen molar-refractivity contribution in [3.8, 4) is 6.07 Å². The van der Waals surface area contributed by atoms with E-state index in [-0.39, 0.29) is 5.91 Å². The SMILES string of the molecule is CCCCCCCC(=O)NC(=S)Nc1sc2c(c1C#N)CCCC2. The summed E-state index contributed by atoms with van der Waals surface area (Å²) in [6, 6.07) is 2.29. The van der Waals surface area contributed by atoms with Crippen LogP contribution in [0.1, 0.15) is 74.3 Å². The number of anilines is 1. The number of thiocarbonyl (C=S) groups is 1. The summed E-state index contributed by atoms with van der Waals surface area (Å²) in [5, 5.41) is 16.3. The quantitative estimate of drug-likeness (QED) is 0.546. The van der Waals surface area contributed by atoms with Crippen LogP contribution in [0.5, 0.6) is 0 Å². The molecule has 0 unspecified atom stereocenters. The van der Waals surface area contributed by atoms with E-state index < -0.39 is 0 Å². The Morgan fingerprint density at radius 2 is 2.00 bits per heavy atom. The predicted molar refractivity (Wildman–Crippen MR) is 103 cm³/mol. The van der Waals surface area contributed by atoms with Gasteiger partial charge in [0.25, 0.3) is 0 Å². The highest BCUT2D eigenvalue weighted by Gasteiger charge is 2.21. The molecule has 1 aromatic rings. The van der Waals surface area contributed by atoms with Crippen molar-refractivity contribution in [3.05, 3.63) is 16.0 Å². The number of thiophene rings is 1. The van der Waals surface area contributed by atoms with Gasteiger partial charge in [-0.15, -0.1) is 11.3 Å². The van der Waals surface area contributed by atoms with Gasteiger partial charge in [0, 0.05) is 11.3 Å². The molecule has 0 saturated heterocycles. The Morgan fingerprint density at radius 3 is 2.75 bits per heavy atom. The number of nitriles is 1. The third-order valence-corrected chi connectivity index (χ3v) is 5.68. The maximum absolute atomic E-state index is 11.9. The zero-order chi connectivity index (χ0) is 17.4. The first-order valence-electron chi connectivity index (χ1n) is 8.81. The summed E-state index contributed by atoms with van der Waals surface area (Å²) in [5.74, 6) is -0.0520. The lowest BCUT2D eigenvalue weighted by molar-refractivity contribution is -0.119. The molecule has 0 radical (unpaired) electrons. The smallest absolute Gasteiger partial charge is 0.226 e. The summed E-state index contributed by atoms with van der Waals surface area (Å²) in [6.07, 6.45) is 10.4. The van der Waals surface area contributed by atoms with Gasteiger partial charge in [0.15, 0.2) is 5.11 Å². The third kappa shape index (κ3) is 5.29. The fourth-order valence-corrected chi connectivity index (χ4v) is 4.51. The molecular weight excluding hydrogens is 338 g/mol. The number of fused-ring (bicyclic) bond motifs is 1. The predicted octanol–water partition coefficient (Wildman–Crippen LogP) is 4.67. The minimum Gasteiger partial charge on any atom is -0.323 e. The standard InChI is InChI=1S/C18H25N3OS2/c1-2-3-4-5-6-11-16(22)20-18(23)21-17-14(12-19)13-9-7-8-10-15(13)24-17/h2-11H2,1H3,(H2,20,21,22,23). The molecule has 130 valence electrons. The van der Waals surface area contributed by atoms with Crippen molar-refractivity contribution in [2.24, 2.45) is 0 Å². The summed E-state index contributed by atoms with van der Waals surface area (Å²) in [4.78, 5) is 13.2. The Morgan fingerprint density at radius 1 is 1.25 bits per heavy atom. The number of hydrogen-bond donors (Lipinski definition) is 2. The van der Waals surface area contributed by atoms with Crippen molar-refractivity contribution in [2.75, 3.05) is 5.32 Å². The summed E-state index contributed by atoms with van der Waals surface area (Å²) in [5.41, 5.74) is 1.87. The first-order valence-corrected chi connectivity index (χ1v) is 10.0. The van der Waals surface area contributed by atoms with Gasteiger partial charge in [0.1, 0.15) is 11.1 Å². The van der Waals surface area contributed by atoms with E-state index in [2.05, 4.69) is 23.6 Å². The Balaban J connectivity index is 1.83. The summed E-state index contributed by atoms with van der Waals surface area (Å²) in [7, 11) is 0. The molecule has 0 atom stereocenters. The van der Waals surface area contributed by atoms with Crippen molar-refractivity contribution in [3.63, 3.8) is 0 Å². The van der Waals surface area contributed by atoms with Gasteiger partial charge in [-0.25, -0.2) is 0 Å². The Kier molecular flexibility index (Phi) is 7.67. The molecule has 0 saturated carbocycles. The van der Waals surface area contributed by atoms with Crippen molar-refractivity contribution in [1.29, 1.82) is 5.26 Å². The first kappa shape index (κ1) is 18.9. The van der Waals surface area contributed by atoms with E-state index in [1.165, 1.54) is 36.1 Å². The molecule has 1 aromatic heterocycles. The molecule has 0 aliphatic heterocycles. The van der Waals surface area contributed by atoms with Crippen LogP contribution in [0.2, 0.25) is 0 Å². The average Bonchev–Trinajstić information content (AvgIpc) is 2.91. The minimum atomic E-state index is -0.0520. The van der Waals surface area contributed by atoms with Gasteiger partial charge < -0.3 is 10.6 Å². The number of nitrogens with zero attached hydrogens (tertiary/aromatic N) is 1. The molecule has 2 N–H and O–H groups in total. The van der Waals surface area contributed by atoms with Gasteiger partial charge in [0.2, 0.25) is 5.91 Å². The van der Waals surface area contributed by atoms with Crippen LogP contribution in [0.15, 0.2) is 0 Å². The molecule has 0 spiro atoms. The number of carbonyl (C=O) groups excluding carboxylic acids is 1. The monoisotopic (exact) mass is 363 g/mol. The summed E-state index contributed by atoms with van der Waals surface area (Å²) >= 11 is 6.83. The van der Waals surface area contributed by atoms with Gasteiger partial charge >= 0.3 is 0 Å². The number of aryl methyl sites for hydroxylation is 1. The van der Waals surface area contributed by atoms with E-state index in [0.717, 1.165) is 37.1 Å². The van der Waals surface area contributed by atoms with Crippen LogP contribution < -0.4 is 10.6 Å². The third-order valence-electron chi connectivity index (χ3n) is 4.27. The molecule has 1 aliphatic rings. The summed E-state index contributed by atoms with van der Waals surface area (Å²) < 4.78 is 0. The van der Waals surface area contributed by atoms with E-state index in [1.807, 2.05) is 0 Å². The van der Waals surface area contributed by atoms with Crippen LogP contribution in [-0.2, 0) is 17.6 Å². The second-order valence-corrected chi connectivity index (χ2v) is 7.71. The van der Waals surface area contributed by atoms with E-state index in [4.69, 9.17) is 12.2 Å². The Labute approximate surface area is 153 Å². The van der Waals surface area contributed by atoms with Crippen LogP contribution in [0, 0.1) is 11.3 Å². The Hall–Kier alpha value is -1.45. The van der Waals surface area contributed by atoms with Gasteiger partial charge in [-0.05, 0) is 49.9 Å². The molecule has 4 nitrogen and oxygen atoms in total. The maximum atomic E-state index is 11.9. The topological polar surface area (TPSA) is 64.9 Å². The molecular formula is C18H25N3OS2. The molecule has 6 heteroatoms. The van der Waals surface area contributed by atoms with Gasteiger partial charge in [0.05, 0.1) is 5.56 Å². The molecule has 1 amide bonds. The van der Waals surface area contributed by atoms with Crippen molar-refractivity contribution >= 4 is 39.6 Å². The van der Waals surface area contributed by atoms with Crippen LogP contribution >= 0.6 is 23.6 Å². The second-order valence-electron chi connectivity index (χ2n) is 6.19. The highest BCUT2D eigenvalue weighted by atomic mass is 32.1. The van der Waals surface area contributed by atoms with E-state index in [1.54, 1.807) is 11.3 Å². The highest BCUT2D eigenvalue weighted by molar-refractivity contribution is 7.80. The van der Waals surface area contributed by atoms with Crippen LogP contribution in [0.3, 0.4) is 0 Å². The van der Waals surface area contributed by atoms with Gasteiger partial charge in [-0.3, -0.25) is 4.79 Å². The molecule has 0 aromatic carbocycles. The largest absolute Gasteiger partial charge is 0.323 e. The molecule has 2 rings (SSSR count). The number of nitrogens with one attached hydrogen (secondary N) is 2. The van der Waals surface area contributed by atoms with E-state index in [0.29, 0.717) is 17.1 Å². The summed E-state index contributed by atoms with van der Waals surface area (Å²) in [6.45, 7) is 2.18. The lowest BCUT2D eigenvalue weighted by Gasteiger charge is -2.10. The zero-order valence-electron chi connectivity index (χ0n) is 14.2. The van der Waals surface area contributed by atoms with Crippen molar-refractivity contribution < 1.29 is 4.79 Å². The molecule has 1 aliphatic carbocycles. The number of rotatable bonds is 7. The lowest BCUT2D eigenvalue weighted by Crippen LogP contribution is -2.33. The van der Waals surface area contributed by atoms with E-state index >= 15 is 0 Å². The minimum absolute atomic E-state index is 0.0520. The average molecular weight is 364 g/mol. The zero-order valence-corrected chi connectivity index (χ0v) is 15.9. The number of amides is 1. The fourth-order valence-electron chi connectivity index (χ4n) is 2.98. The van der Waals surface area contributed by atoms with Gasteiger partial charge in [-0.1, -0.05) is 32.6 Å². The first-order chi connectivity index (χ1) is 11.7. The highest BCUT2D eigenvalue weighted by Crippen LogP contribution is 2.37. The number of hydrogen-bond acceptors (Lipinski definition) is 4. The van der Waals surface area contributed by atoms with Crippen molar-refractivity contribution in [2.45, 2.75) is 71.1 Å². The maximum Gasteiger partial charge on any atom is 0.226 e. The number of carbonyl (C=O) groups is 1. The van der Waals surface area contributed by atoms with Crippen molar-refractivity contribution in [1.82, 2.24) is 5.32 Å². The van der Waals surface area contributed by atoms with Crippen LogP contribution in [0.25, 0.3) is 0 Å². The lowest BCUT2D eigenvalue weighted by atomic mass is 9.96. The number of unbranched alkanes of at least 4 members (excludes halogenated alkanes) is 4. The molecule has 0 fully saturated rings. The Bertz CT molecular complexity index is 631.